The normalized spacial score (nSPS) is 10.7. The Morgan fingerprint density at radius 1 is 1.00 bits per heavy atom. The lowest BCUT2D eigenvalue weighted by molar-refractivity contribution is 0.450. The zero-order chi connectivity index (χ0) is 16.2. The molecular formula is C13H12Cl2O5S. The maximum absolute atomic E-state index is 10.6. The minimum Gasteiger partial charge on any atom is -0.508 e. The van der Waals surface area contributed by atoms with Crippen molar-refractivity contribution in [2.75, 3.05) is 0 Å². The maximum Gasteiger partial charge on any atom is 0.296 e. The summed E-state index contributed by atoms with van der Waals surface area (Å²) in [5, 5.41) is 17.6. The Bertz CT molecular complexity index is 694. The fourth-order valence-electron chi connectivity index (χ4n) is 1.43. The van der Waals surface area contributed by atoms with E-state index in [9.17, 15) is 8.42 Å². The number of phenols is 2. The van der Waals surface area contributed by atoms with Crippen molar-refractivity contribution < 1.29 is 23.2 Å². The van der Waals surface area contributed by atoms with Gasteiger partial charge in [-0.25, -0.2) is 0 Å². The van der Waals surface area contributed by atoms with Crippen LogP contribution in [-0.4, -0.2) is 23.2 Å². The number of phenolic OH excluding ortho intramolecular Hbond substituents is 2. The van der Waals surface area contributed by atoms with Crippen LogP contribution in [-0.2, 0) is 10.1 Å². The van der Waals surface area contributed by atoms with Crippen LogP contribution in [0.5, 0.6) is 11.5 Å². The van der Waals surface area contributed by atoms with E-state index in [0.29, 0.717) is 0 Å². The van der Waals surface area contributed by atoms with Crippen molar-refractivity contribution >= 4 is 33.3 Å². The van der Waals surface area contributed by atoms with Crippen molar-refractivity contribution in [3.8, 4) is 11.5 Å². The van der Waals surface area contributed by atoms with Crippen LogP contribution >= 0.6 is 23.2 Å². The van der Waals surface area contributed by atoms with Crippen LogP contribution in [0.15, 0.2) is 41.3 Å². The van der Waals surface area contributed by atoms with Crippen LogP contribution in [0, 0.1) is 6.92 Å². The number of hydrogen-bond donors (Lipinski definition) is 3. The number of rotatable bonds is 1. The zero-order valence-electron chi connectivity index (χ0n) is 10.8. The topological polar surface area (TPSA) is 94.8 Å². The van der Waals surface area contributed by atoms with Gasteiger partial charge in [0.25, 0.3) is 10.1 Å². The molecule has 0 aliphatic carbocycles. The summed E-state index contributed by atoms with van der Waals surface area (Å²) < 4.78 is 29.9. The van der Waals surface area contributed by atoms with Gasteiger partial charge < -0.3 is 10.2 Å². The van der Waals surface area contributed by atoms with Gasteiger partial charge in [-0.15, -0.1) is 0 Å². The van der Waals surface area contributed by atoms with Crippen LogP contribution < -0.4 is 0 Å². The van der Waals surface area contributed by atoms with Crippen LogP contribution in [0.25, 0.3) is 0 Å². The highest BCUT2D eigenvalue weighted by molar-refractivity contribution is 7.86. The average Bonchev–Trinajstić information content (AvgIpc) is 2.30. The Morgan fingerprint density at radius 3 is 1.90 bits per heavy atom. The van der Waals surface area contributed by atoms with E-state index in [0.717, 1.165) is 5.56 Å². The summed E-state index contributed by atoms with van der Waals surface area (Å²) in [5.74, 6) is 0.208. The Balaban J connectivity index is 0.000000219. The maximum atomic E-state index is 10.6. The molecule has 0 atom stereocenters. The highest BCUT2D eigenvalue weighted by Crippen LogP contribution is 2.28. The first kappa shape index (κ1) is 17.6. The fraction of sp³-hybridized carbons (Fsp3) is 0.0769. The van der Waals surface area contributed by atoms with E-state index >= 15 is 0 Å². The van der Waals surface area contributed by atoms with Crippen molar-refractivity contribution in [1.82, 2.24) is 0 Å². The molecule has 0 bridgehead atoms. The first-order chi connectivity index (χ1) is 9.61. The lowest BCUT2D eigenvalue weighted by atomic mass is 10.2. The van der Waals surface area contributed by atoms with Gasteiger partial charge in [-0.05, 0) is 36.8 Å². The average molecular weight is 351 g/mol. The van der Waals surface area contributed by atoms with Gasteiger partial charge >= 0.3 is 0 Å². The van der Waals surface area contributed by atoms with Gasteiger partial charge in [0.1, 0.15) is 16.4 Å². The molecule has 2 aromatic rings. The van der Waals surface area contributed by atoms with E-state index < -0.39 is 10.1 Å². The molecular weight excluding hydrogens is 339 g/mol. The summed E-state index contributed by atoms with van der Waals surface area (Å²) in [5.41, 5.74) is 0.854. The summed E-state index contributed by atoms with van der Waals surface area (Å²) in [4.78, 5) is -0.378. The van der Waals surface area contributed by atoms with Crippen molar-refractivity contribution in [2.24, 2.45) is 0 Å². The predicted octanol–water partition coefficient (Wildman–Crippen LogP) is 3.65. The molecule has 5 nitrogen and oxygen atoms in total. The number of hydrogen-bond acceptors (Lipinski definition) is 4. The fourth-order valence-corrected chi connectivity index (χ4v) is 2.66. The van der Waals surface area contributed by atoms with Crippen molar-refractivity contribution in [3.05, 3.63) is 52.0 Å². The van der Waals surface area contributed by atoms with Crippen LogP contribution in [0.2, 0.25) is 10.0 Å². The zero-order valence-corrected chi connectivity index (χ0v) is 13.1. The molecule has 3 N–H and O–H groups in total. The van der Waals surface area contributed by atoms with E-state index in [1.54, 1.807) is 19.1 Å². The van der Waals surface area contributed by atoms with Gasteiger partial charge in [0, 0.05) is 6.07 Å². The Morgan fingerprint density at radius 2 is 1.52 bits per heavy atom. The second kappa shape index (κ2) is 7.00. The molecule has 0 unspecified atom stereocenters. The number of halogens is 2. The Hall–Kier alpha value is -1.47. The quantitative estimate of drug-likeness (QED) is 0.682. The summed E-state index contributed by atoms with van der Waals surface area (Å²) in [6.07, 6.45) is 0. The third-order valence-corrected chi connectivity index (χ3v) is 4.07. The number of benzene rings is 2. The van der Waals surface area contributed by atoms with E-state index in [1.165, 1.54) is 24.3 Å². The van der Waals surface area contributed by atoms with Gasteiger partial charge in [-0.3, -0.25) is 4.55 Å². The van der Waals surface area contributed by atoms with Crippen LogP contribution in [0.4, 0.5) is 0 Å². The Labute approximate surface area is 132 Å². The monoisotopic (exact) mass is 350 g/mol. The number of aryl methyl sites for hydroxylation is 1. The third-order valence-electron chi connectivity index (χ3n) is 2.24. The van der Waals surface area contributed by atoms with Gasteiger partial charge in [0.2, 0.25) is 0 Å². The highest BCUT2D eigenvalue weighted by atomic mass is 35.5. The molecule has 0 heterocycles. The third kappa shape index (κ3) is 5.43. The summed E-state index contributed by atoms with van der Waals surface area (Å²) >= 11 is 11.0. The molecule has 2 aromatic carbocycles. The van der Waals surface area contributed by atoms with E-state index in [-0.39, 0.29) is 26.4 Å². The summed E-state index contributed by atoms with van der Waals surface area (Å²) in [6.45, 7) is 1.80. The number of aromatic hydroxyl groups is 2. The first-order valence-corrected chi connectivity index (χ1v) is 7.72. The standard InChI is InChI=1S/C7H8O2.C6H4Cl2O3S/c1-5-2-6(8)4-7(9)3-5;7-4-2-1-3-5(6(4)8)12(9,10)11/h2-4,8-9H,1H3;1-3H,(H,9,10,11). The lowest BCUT2D eigenvalue weighted by Gasteiger charge is -2.00. The smallest absolute Gasteiger partial charge is 0.296 e. The molecule has 2 rings (SSSR count). The second-order valence-electron chi connectivity index (χ2n) is 4.05. The van der Waals surface area contributed by atoms with Crippen LogP contribution in [0.1, 0.15) is 5.56 Å². The molecule has 0 aliphatic heterocycles. The molecule has 0 saturated carbocycles. The molecule has 0 amide bonds. The molecule has 0 aliphatic rings. The largest absolute Gasteiger partial charge is 0.508 e. The van der Waals surface area contributed by atoms with E-state index in [1.807, 2.05) is 0 Å². The van der Waals surface area contributed by atoms with Gasteiger partial charge in [0.15, 0.2) is 0 Å². The second-order valence-corrected chi connectivity index (χ2v) is 6.23. The van der Waals surface area contributed by atoms with E-state index in [2.05, 4.69) is 0 Å². The molecule has 21 heavy (non-hydrogen) atoms. The summed E-state index contributed by atoms with van der Waals surface area (Å²) in [7, 11) is -4.27. The van der Waals surface area contributed by atoms with Gasteiger partial charge in [-0.2, -0.15) is 8.42 Å². The highest BCUT2D eigenvalue weighted by Gasteiger charge is 2.15. The molecule has 8 heteroatoms. The van der Waals surface area contributed by atoms with E-state index in [4.69, 9.17) is 38.0 Å². The molecule has 0 saturated heterocycles. The molecule has 0 spiro atoms. The molecule has 0 aromatic heterocycles. The van der Waals surface area contributed by atoms with Crippen molar-refractivity contribution in [2.45, 2.75) is 11.8 Å². The lowest BCUT2D eigenvalue weighted by Crippen LogP contribution is -1.98. The summed E-state index contributed by atoms with van der Waals surface area (Å²) in [6, 6.07) is 8.45. The minimum absolute atomic E-state index is 0.0896. The van der Waals surface area contributed by atoms with Gasteiger partial charge in [-0.1, -0.05) is 29.3 Å². The molecule has 114 valence electrons. The molecule has 0 fully saturated rings. The van der Waals surface area contributed by atoms with Crippen molar-refractivity contribution in [3.63, 3.8) is 0 Å². The molecule has 0 radical (unpaired) electrons. The van der Waals surface area contributed by atoms with Gasteiger partial charge in [0.05, 0.1) is 10.0 Å². The Kier molecular flexibility index (Phi) is 5.86. The first-order valence-electron chi connectivity index (χ1n) is 5.52. The van der Waals surface area contributed by atoms with Crippen molar-refractivity contribution in [1.29, 1.82) is 0 Å². The SMILES string of the molecule is Cc1cc(O)cc(O)c1.O=S(=O)(O)c1cccc(Cl)c1Cl. The predicted molar refractivity (Wildman–Crippen MR) is 80.8 cm³/mol. The minimum atomic E-state index is -4.27. The van der Waals surface area contributed by atoms with Crippen LogP contribution in [0.3, 0.4) is 0 Å².